The van der Waals surface area contributed by atoms with Crippen LogP contribution >= 0.6 is 11.3 Å². The fraction of sp³-hybridized carbons (Fsp3) is 0.500. The van der Waals surface area contributed by atoms with Gasteiger partial charge in [0.05, 0.1) is 28.9 Å². The highest BCUT2D eigenvalue weighted by Gasteiger charge is 2.38. The normalized spacial score (nSPS) is 18.3. The summed E-state index contributed by atoms with van der Waals surface area (Å²) in [5.74, 6) is -3.57. The van der Waals surface area contributed by atoms with Gasteiger partial charge in [-0.05, 0) is 63.3 Å². The van der Waals surface area contributed by atoms with Crippen LogP contribution < -0.4 is 15.8 Å². The van der Waals surface area contributed by atoms with E-state index in [2.05, 4.69) is 20.2 Å². The summed E-state index contributed by atoms with van der Waals surface area (Å²) in [6.07, 6.45) is -0.273. The molecule has 4 aromatic rings. The van der Waals surface area contributed by atoms with Crippen molar-refractivity contribution >= 4 is 49.1 Å². The first kappa shape index (κ1) is 40.7. The second-order valence-corrected chi connectivity index (χ2v) is 14.1. The highest BCUT2D eigenvalue weighted by atomic mass is 32.1. The quantitative estimate of drug-likeness (QED) is 0.181. The lowest BCUT2D eigenvalue weighted by atomic mass is 9.92. The third-order valence-electron chi connectivity index (χ3n) is 9.54. The number of rotatable bonds is 7. The number of halogens is 8. The van der Waals surface area contributed by atoms with Gasteiger partial charge in [-0.25, -0.2) is 13.2 Å². The van der Waals surface area contributed by atoms with Crippen LogP contribution in [0.4, 0.5) is 45.9 Å². The van der Waals surface area contributed by atoms with Gasteiger partial charge in [0.15, 0.2) is 5.82 Å². The number of nitriles is 1. The van der Waals surface area contributed by atoms with E-state index >= 15 is 4.39 Å². The number of amides is 1. The predicted octanol–water partition coefficient (Wildman–Crippen LogP) is 8.06. The molecule has 3 N–H and O–H groups in total. The number of methoxy groups -OCH3 is 1. The standard InChI is InChI=1S/C21H14F5N5OS.C8H13F2NO.C7H12FN/c1-3-29-19-9-6-11(21(24,25)26)14(15(23)16(9)30-20(31-19)32-2)8-4-5-12(22)17-13(8)10(7-27)18(28)33-17;9-5-7(6-10)8(12)11-3-1-2-4-11;8-6-4-7-2-1-3-9(7)5-6/h4-6H,3,28H2,1-2H3,(H,29,30,31);7H,1-6H2;6-7H,1-5H2. The van der Waals surface area contributed by atoms with Crippen molar-refractivity contribution in [1.82, 2.24) is 19.8 Å². The molecule has 3 aliphatic rings. The molecule has 54 heavy (non-hydrogen) atoms. The zero-order valence-electron chi connectivity index (χ0n) is 29.5. The first-order valence-corrected chi connectivity index (χ1v) is 18.2. The van der Waals surface area contributed by atoms with Crippen molar-refractivity contribution < 1.29 is 44.7 Å². The number of benzene rings is 2. The van der Waals surface area contributed by atoms with Gasteiger partial charge in [0.2, 0.25) is 5.91 Å². The Morgan fingerprint density at radius 3 is 2.44 bits per heavy atom. The Kier molecular flexibility index (Phi) is 13.0. The fourth-order valence-electron chi connectivity index (χ4n) is 6.99. The summed E-state index contributed by atoms with van der Waals surface area (Å²) in [6.45, 7) is 3.39. The molecule has 3 saturated heterocycles. The van der Waals surface area contributed by atoms with Crippen molar-refractivity contribution in [3.63, 3.8) is 0 Å². The van der Waals surface area contributed by atoms with Crippen molar-refractivity contribution in [1.29, 1.82) is 5.26 Å². The molecule has 7 rings (SSSR count). The predicted molar refractivity (Wildman–Crippen MR) is 190 cm³/mol. The van der Waals surface area contributed by atoms with Crippen LogP contribution in [0.1, 0.15) is 50.2 Å². The van der Waals surface area contributed by atoms with Gasteiger partial charge in [-0.1, -0.05) is 6.07 Å². The van der Waals surface area contributed by atoms with Crippen LogP contribution in [0.25, 0.3) is 32.1 Å². The summed E-state index contributed by atoms with van der Waals surface area (Å²) in [6, 6.07) is 4.75. The second-order valence-electron chi connectivity index (χ2n) is 13.0. The van der Waals surface area contributed by atoms with E-state index in [0.717, 1.165) is 44.0 Å². The minimum Gasteiger partial charge on any atom is -0.467 e. The molecule has 0 saturated carbocycles. The van der Waals surface area contributed by atoms with Crippen molar-refractivity contribution in [3.8, 4) is 23.2 Å². The van der Waals surface area contributed by atoms with Gasteiger partial charge < -0.3 is 20.7 Å². The number of thiophene rings is 1. The number of fused-ring (bicyclic) bond motifs is 3. The number of anilines is 2. The summed E-state index contributed by atoms with van der Waals surface area (Å²) in [7, 11) is 1.23. The van der Waals surface area contributed by atoms with E-state index in [-0.39, 0.29) is 55.9 Å². The molecule has 2 aromatic heterocycles. The highest BCUT2D eigenvalue weighted by Crippen LogP contribution is 2.47. The van der Waals surface area contributed by atoms with Gasteiger partial charge >= 0.3 is 12.2 Å². The number of nitrogens with zero attached hydrogens (tertiary/aromatic N) is 5. The number of nitrogens with one attached hydrogen (secondary N) is 1. The topological polar surface area (TPSA) is 120 Å². The van der Waals surface area contributed by atoms with Crippen LogP contribution in [0, 0.1) is 28.9 Å². The van der Waals surface area contributed by atoms with E-state index in [1.165, 1.54) is 20.0 Å². The molecule has 2 atom stereocenters. The lowest BCUT2D eigenvalue weighted by Gasteiger charge is -2.18. The molecule has 0 aliphatic carbocycles. The van der Waals surface area contributed by atoms with Crippen molar-refractivity contribution in [2.45, 2.75) is 57.4 Å². The summed E-state index contributed by atoms with van der Waals surface area (Å²) >= 11 is 0.698. The number of aromatic nitrogens is 2. The minimum absolute atomic E-state index is 0.0444. The number of alkyl halides is 6. The zero-order chi connectivity index (χ0) is 39.3. The van der Waals surface area contributed by atoms with Crippen LogP contribution in [0.3, 0.4) is 0 Å². The maximum Gasteiger partial charge on any atom is 0.417 e. The molecule has 0 spiro atoms. The number of hydrogen-bond acceptors (Lipinski definition) is 9. The van der Waals surface area contributed by atoms with Crippen molar-refractivity contribution in [2.75, 3.05) is 64.2 Å². The lowest BCUT2D eigenvalue weighted by molar-refractivity contribution is -0.137. The zero-order valence-corrected chi connectivity index (χ0v) is 30.3. The highest BCUT2D eigenvalue weighted by molar-refractivity contribution is 7.23. The van der Waals surface area contributed by atoms with Gasteiger partial charge in [0.25, 0.3) is 0 Å². The molecule has 3 aliphatic heterocycles. The Labute approximate surface area is 310 Å². The molecule has 3 fully saturated rings. The van der Waals surface area contributed by atoms with Gasteiger partial charge in [0.1, 0.15) is 47.7 Å². The number of nitrogen functional groups attached to an aromatic ring is 1. The first-order valence-electron chi connectivity index (χ1n) is 17.4. The van der Waals surface area contributed by atoms with E-state index in [4.69, 9.17) is 10.5 Å². The number of likely N-dealkylation sites (tertiary alicyclic amines) is 1. The molecule has 0 bridgehead atoms. The van der Waals surface area contributed by atoms with E-state index in [9.17, 15) is 40.8 Å². The first-order chi connectivity index (χ1) is 25.8. The van der Waals surface area contributed by atoms with Gasteiger partial charge in [-0.15, -0.1) is 11.3 Å². The molecule has 2 unspecified atom stereocenters. The van der Waals surface area contributed by atoms with E-state index in [0.29, 0.717) is 37.0 Å². The molecule has 2 aromatic carbocycles. The Morgan fingerprint density at radius 2 is 1.85 bits per heavy atom. The van der Waals surface area contributed by atoms with Crippen LogP contribution in [0.2, 0.25) is 0 Å². The van der Waals surface area contributed by atoms with Crippen LogP contribution in [0.15, 0.2) is 18.2 Å². The number of hydrogen-bond donors (Lipinski definition) is 2. The molecule has 9 nitrogen and oxygen atoms in total. The van der Waals surface area contributed by atoms with Crippen molar-refractivity contribution in [2.24, 2.45) is 5.92 Å². The Bertz CT molecular complexity index is 2000. The number of ether oxygens (including phenoxy) is 1. The molecular weight excluding hydrogens is 746 g/mol. The maximum absolute atomic E-state index is 15.9. The van der Waals surface area contributed by atoms with Crippen molar-refractivity contribution in [3.05, 3.63) is 41.0 Å². The largest absolute Gasteiger partial charge is 0.467 e. The molecule has 0 radical (unpaired) electrons. The number of carbonyl (C=O) groups excluding carboxylic acids is 1. The Balaban J connectivity index is 0.000000215. The maximum atomic E-state index is 15.9. The van der Waals surface area contributed by atoms with Gasteiger partial charge in [-0.3, -0.25) is 18.5 Å². The second kappa shape index (κ2) is 17.3. The molecule has 1 amide bonds. The summed E-state index contributed by atoms with van der Waals surface area (Å²) in [5.41, 5.74) is 2.59. The van der Waals surface area contributed by atoms with E-state index < -0.39 is 59.9 Å². The van der Waals surface area contributed by atoms with E-state index in [1.807, 2.05) is 0 Å². The monoisotopic (exact) mass is 785 g/mol. The van der Waals surface area contributed by atoms with Gasteiger partial charge in [0, 0.05) is 48.6 Å². The lowest BCUT2D eigenvalue weighted by Crippen LogP contribution is -2.35. The molecular formula is C36H39F8N7O2S. The van der Waals surface area contributed by atoms with Crippen LogP contribution in [-0.4, -0.2) is 91.1 Å². The fourth-order valence-corrected chi connectivity index (χ4v) is 7.94. The molecule has 18 heteroatoms. The van der Waals surface area contributed by atoms with Gasteiger partial charge in [-0.2, -0.15) is 28.4 Å². The molecule has 5 heterocycles. The third-order valence-corrected chi connectivity index (χ3v) is 10.6. The van der Waals surface area contributed by atoms with Crippen LogP contribution in [0.5, 0.6) is 6.01 Å². The summed E-state index contributed by atoms with van der Waals surface area (Å²) < 4.78 is 114. The average Bonchev–Trinajstić information content (AvgIpc) is 3.95. The Hall–Kier alpha value is -4.50. The third kappa shape index (κ3) is 8.41. The van der Waals surface area contributed by atoms with Crippen LogP contribution in [-0.2, 0) is 11.0 Å². The number of carbonyl (C=O) groups is 1. The average molecular weight is 786 g/mol. The summed E-state index contributed by atoms with van der Waals surface area (Å²) in [5, 5.41) is 11.8. The number of nitrogens with two attached hydrogens (primary N) is 1. The summed E-state index contributed by atoms with van der Waals surface area (Å²) in [4.78, 5) is 23.0. The smallest absolute Gasteiger partial charge is 0.417 e. The SMILES string of the molecule is CCNc1nc(OC)nc2c(F)c(-c3ccc(F)c4sc(N)c(C#N)c34)c(C(F)(F)F)cc12.FC1CC2CCCN2C1.O=C(C(CF)CF)N1CCCC1. The van der Waals surface area contributed by atoms with E-state index in [1.54, 1.807) is 17.9 Å². The molecule has 292 valence electrons. The minimum atomic E-state index is -5.00. The Morgan fingerprint density at radius 1 is 1.15 bits per heavy atom.